The Morgan fingerprint density at radius 3 is 2.33 bits per heavy atom. The van der Waals surface area contributed by atoms with Crippen molar-refractivity contribution < 1.29 is 13.9 Å². The van der Waals surface area contributed by atoms with E-state index < -0.39 is 0 Å². The molecule has 0 bridgehead atoms. The number of amides is 1. The van der Waals surface area contributed by atoms with Crippen molar-refractivity contribution >= 4 is 17.3 Å². The molecule has 0 saturated carbocycles. The van der Waals surface area contributed by atoms with Crippen LogP contribution >= 0.6 is 0 Å². The third-order valence-corrected chi connectivity index (χ3v) is 6.55. The van der Waals surface area contributed by atoms with Crippen molar-refractivity contribution in [3.05, 3.63) is 59.9 Å². The fraction of sp³-hybridized carbons (Fsp3) is 0.500. The summed E-state index contributed by atoms with van der Waals surface area (Å²) in [5.41, 5.74) is 3.31. The van der Waals surface area contributed by atoms with Crippen LogP contribution in [0, 0.1) is 5.82 Å². The number of carbonyl (C=O) groups is 1. The van der Waals surface area contributed by atoms with E-state index in [0.717, 1.165) is 62.6 Å². The molecule has 2 aliphatic rings. The van der Waals surface area contributed by atoms with Gasteiger partial charge in [-0.1, -0.05) is 12.1 Å². The molecule has 2 heterocycles. The second-order valence-corrected chi connectivity index (χ2v) is 9.21. The highest BCUT2D eigenvalue weighted by Gasteiger charge is 2.26. The lowest BCUT2D eigenvalue weighted by atomic mass is 10.1. The van der Waals surface area contributed by atoms with E-state index in [-0.39, 0.29) is 17.8 Å². The van der Waals surface area contributed by atoms with Gasteiger partial charge in [0.15, 0.2) is 0 Å². The maximum Gasteiger partial charge on any atom is 0.237 e. The molecule has 2 aliphatic heterocycles. The monoisotopic (exact) mass is 454 g/mol. The van der Waals surface area contributed by atoms with E-state index >= 15 is 0 Å². The standard InChI is InChI=1S/C26H35FN4O2/c1-28(2)23-9-5-21(6-10-23)18-31(19-25-4-3-17-33-25)26(32)20-29-13-15-30(16-14-29)24-11-7-22(27)8-12-24/h5-12,25H,3-4,13-20H2,1-2H3. The summed E-state index contributed by atoms with van der Waals surface area (Å²) in [5.74, 6) is -0.0666. The van der Waals surface area contributed by atoms with Gasteiger partial charge in [0.25, 0.3) is 0 Å². The molecule has 0 spiro atoms. The average molecular weight is 455 g/mol. The molecule has 1 unspecified atom stereocenters. The summed E-state index contributed by atoms with van der Waals surface area (Å²) >= 11 is 0. The number of piperazine rings is 1. The number of nitrogens with zero attached hydrogens (tertiary/aromatic N) is 4. The number of rotatable bonds is 8. The van der Waals surface area contributed by atoms with Crippen LogP contribution in [0.3, 0.4) is 0 Å². The van der Waals surface area contributed by atoms with Gasteiger partial charge < -0.3 is 19.4 Å². The van der Waals surface area contributed by atoms with Crippen LogP contribution in [0.1, 0.15) is 18.4 Å². The van der Waals surface area contributed by atoms with Crippen LogP contribution in [0.4, 0.5) is 15.8 Å². The van der Waals surface area contributed by atoms with E-state index in [9.17, 15) is 9.18 Å². The molecule has 33 heavy (non-hydrogen) atoms. The lowest BCUT2D eigenvalue weighted by Crippen LogP contribution is -2.50. The van der Waals surface area contributed by atoms with Crippen molar-refractivity contribution in [2.24, 2.45) is 0 Å². The average Bonchev–Trinajstić information content (AvgIpc) is 3.33. The van der Waals surface area contributed by atoms with Crippen LogP contribution < -0.4 is 9.80 Å². The maximum atomic E-state index is 13.3. The number of halogens is 1. The first kappa shape index (κ1) is 23.5. The van der Waals surface area contributed by atoms with E-state index in [4.69, 9.17) is 4.74 Å². The minimum absolute atomic E-state index is 0.130. The Labute approximate surface area is 196 Å². The van der Waals surface area contributed by atoms with Crippen molar-refractivity contribution in [3.8, 4) is 0 Å². The zero-order chi connectivity index (χ0) is 23.2. The molecule has 2 saturated heterocycles. The summed E-state index contributed by atoms with van der Waals surface area (Å²) in [7, 11) is 4.05. The summed E-state index contributed by atoms with van der Waals surface area (Å²) in [6.45, 7) is 5.73. The van der Waals surface area contributed by atoms with Gasteiger partial charge in [0.2, 0.25) is 5.91 Å². The Balaban J connectivity index is 1.35. The number of ether oxygens (including phenoxy) is 1. The highest BCUT2D eigenvalue weighted by molar-refractivity contribution is 5.78. The molecule has 7 heteroatoms. The first-order valence-corrected chi connectivity index (χ1v) is 11.9. The van der Waals surface area contributed by atoms with Gasteiger partial charge in [0, 0.05) is 71.3 Å². The molecular weight excluding hydrogens is 419 g/mol. The summed E-state index contributed by atoms with van der Waals surface area (Å²) in [4.78, 5) is 21.8. The Kier molecular flexibility index (Phi) is 7.83. The summed E-state index contributed by atoms with van der Waals surface area (Å²) in [6, 6.07) is 15.0. The molecule has 6 nitrogen and oxygen atoms in total. The Bertz CT molecular complexity index is 890. The molecular formula is C26H35FN4O2. The Morgan fingerprint density at radius 2 is 1.73 bits per heavy atom. The first-order chi connectivity index (χ1) is 16.0. The van der Waals surface area contributed by atoms with Crippen LogP contribution in [0.2, 0.25) is 0 Å². The van der Waals surface area contributed by atoms with E-state index in [2.05, 4.69) is 39.0 Å². The largest absolute Gasteiger partial charge is 0.378 e. The summed E-state index contributed by atoms with van der Waals surface area (Å²) in [6.07, 6.45) is 2.21. The Morgan fingerprint density at radius 1 is 1.03 bits per heavy atom. The molecule has 0 aromatic heterocycles. The number of benzene rings is 2. The molecule has 2 aromatic carbocycles. The van der Waals surface area contributed by atoms with Crippen molar-refractivity contribution in [2.75, 3.05) is 69.8 Å². The van der Waals surface area contributed by atoms with Crippen LogP contribution in [-0.2, 0) is 16.1 Å². The van der Waals surface area contributed by atoms with Crippen molar-refractivity contribution in [1.82, 2.24) is 9.80 Å². The van der Waals surface area contributed by atoms with E-state index in [1.165, 1.54) is 12.1 Å². The van der Waals surface area contributed by atoms with Crippen molar-refractivity contribution in [3.63, 3.8) is 0 Å². The van der Waals surface area contributed by atoms with Crippen molar-refractivity contribution in [1.29, 1.82) is 0 Å². The quantitative estimate of drug-likeness (QED) is 0.613. The molecule has 2 fully saturated rings. The number of hydrogen-bond donors (Lipinski definition) is 0. The second-order valence-electron chi connectivity index (χ2n) is 9.21. The van der Waals surface area contributed by atoms with E-state index in [1.807, 2.05) is 31.1 Å². The third kappa shape index (κ3) is 6.45. The van der Waals surface area contributed by atoms with Gasteiger partial charge in [-0.15, -0.1) is 0 Å². The molecule has 0 N–H and O–H groups in total. The molecule has 0 radical (unpaired) electrons. The molecule has 2 aromatic rings. The fourth-order valence-electron chi connectivity index (χ4n) is 4.52. The number of anilines is 2. The van der Waals surface area contributed by atoms with Crippen LogP contribution in [-0.4, -0.2) is 81.8 Å². The maximum absolute atomic E-state index is 13.3. The van der Waals surface area contributed by atoms with Gasteiger partial charge in [-0.2, -0.15) is 0 Å². The van der Waals surface area contributed by atoms with E-state index in [0.29, 0.717) is 19.6 Å². The SMILES string of the molecule is CN(C)c1ccc(CN(CC2CCCO2)C(=O)CN2CCN(c3ccc(F)cc3)CC2)cc1. The summed E-state index contributed by atoms with van der Waals surface area (Å²) in [5, 5.41) is 0. The zero-order valence-corrected chi connectivity index (χ0v) is 19.8. The lowest BCUT2D eigenvalue weighted by molar-refractivity contribution is -0.134. The highest BCUT2D eigenvalue weighted by Crippen LogP contribution is 2.19. The van der Waals surface area contributed by atoms with Crippen LogP contribution in [0.15, 0.2) is 48.5 Å². The van der Waals surface area contributed by atoms with Crippen molar-refractivity contribution in [2.45, 2.75) is 25.5 Å². The van der Waals surface area contributed by atoms with Gasteiger partial charge in [-0.05, 0) is 54.8 Å². The number of hydrogen-bond acceptors (Lipinski definition) is 5. The topological polar surface area (TPSA) is 39.3 Å². The Hall–Kier alpha value is -2.64. The number of carbonyl (C=O) groups excluding carboxylic acids is 1. The first-order valence-electron chi connectivity index (χ1n) is 11.9. The predicted molar refractivity (Wildman–Crippen MR) is 130 cm³/mol. The van der Waals surface area contributed by atoms with E-state index in [1.54, 1.807) is 0 Å². The van der Waals surface area contributed by atoms with Gasteiger partial charge in [0.05, 0.1) is 12.6 Å². The molecule has 1 amide bonds. The smallest absolute Gasteiger partial charge is 0.237 e. The molecule has 178 valence electrons. The predicted octanol–water partition coefficient (Wildman–Crippen LogP) is 3.22. The van der Waals surface area contributed by atoms with Gasteiger partial charge in [-0.25, -0.2) is 4.39 Å². The molecule has 4 rings (SSSR count). The second kappa shape index (κ2) is 11.0. The third-order valence-electron chi connectivity index (χ3n) is 6.55. The fourth-order valence-corrected chi connectivity index (χ4v) is 4.52. The highest BCUT2D eigenvalue weighted by atomic mass is 19.1. The van der Waals surface area contributed by atoms with Crippen LogP contribution in [0.5, 0.6) is 0 Å². The molecule has 1 atom stereocenters. The van der Waals surface area contributed by atoms with Gasteiger partial charge >= 0.3 is 0 Å². The zero-order valence-electron chi connectivity index (χ0n) is 19.8. The minimum Gasteiger partial charge on any atom is -0.378 e. The molecule has 0 aliphatic carbocycles. The lowest BCUT2D eigenvalue weighted by Gasteiger charge is -2.37. The normalized spacial score (nSPS) is 19.0. The summed E-state index contributed by atoms with van der Waals surface area (Å²) < 4.78 is 19.0. The van der Waals surface area contributed by atoms with Gasteiger partial charge in [-0.3, -0.25) is 9.69 Å². The van der Waals surface area contributed by atoms with Crippen LogP contribution in [0.25, 0.3) is 0 Å². The van der Waals surface area contributed by atoms with Gasteiger partial charge in [0.1, 0.15) is 5.82 Å². The minimum atomic E-state index is -0.217.